The van der Waals surface area contributed by atoms with Crippen molar-refractivity contribution in [3.05, 3.63) is 41.0 Å². The molecule has 8 heteroatoms. The summed E-state index contributed by atoms with van der Waals surface area (Å²) in [5, 5.41) is 10.6. The molecule has 2 heterocycles. The van der Waals surface area contributed by atoms with E-state index in [9.17, 15) is 9.59 Å². The lowest BCUT2D eigenvalue weighted by atomic mass is 9.96. The Morgan fingerprint density at radius 2 is 1.93 bits per heavy atom. The highest BCUT2D eigenvalue weighted by molar-refractivity contribution is 6.30. The van der Waals surface area contributed by atoms with E-state index in [0.717, 1.165) is 50.9 Å². The van der Waals surface area contributed by atoms with Gasteiger partial charge in [0.15, 0.2) is 0 Å². The predicted octanol–water partition coefficient (Wildman–Crippen LogP) is 2.44. The van der Waals surface area contributed by atoms with E-state index in [1.807, 2.05) is 12.1 Å². The van der Waals surface area contributed by atoms with Gasteiger partial charge in [-0.15, -0.1) is 0 Å². The van der Waals surface area contributed by atoms with Crippen LogP contribution in [0.2, 0.25) is 5.02 Å². The zero-order valence-corrected chi connectivity index (χ0v) is 16.5. The van der Waals surface area contributed by atoms with Gasteiger partial charge in [-0.3, -0.25) is 14.7 Å². The van der Waals surface area contributed by atoms with Gasteiger partial charge >= 0.3 is 0 Å². The van der Waals surface area contributed by atoms with Crippen LogP contribution in [0, 0.1) is 5.92 Å². The zero-order valence-electron chi connectivity index (χ0n) is 15.8. The number of nitrogens with one attached hydrogen (secondary N) is 2. The fraction of sp³-hybridized carbons (Fsp3) is 0.450. The number of carbonyl (C=O) groups is 2. The Kier molecular flexibility index (Phi) is 7.06. The Bertz CT molecular complexity index is 797. The third-order valence-electron chi connectivity index (χ3n) is 5.14. The van der Waals surface area contributed by atoms with Gasteiger partial charge in [0.1, 0.15) is 5.69 Å². The summed E-state index contributed by atoms with van der Waals surface area (Å²) >= 11 is 5.89. The molecule has 0 saturated carbocycles. The number of benzene rings is 1. The molecule has 0 spiro atoms. The molecule has 0 atom stereocenters. The molecule has 1 aromatic carbocycles. The number of amides is 2. The van der Waals surface area contributed by atoms with Crippen LogP contribution in [0.15, 0.2) is 30.3 Å². The van der Waals surface area contributed by atoms with E-state index in [0.29, 0.717) is 23.0 Å². The second-order valence-corrected chi connectivity index (χ2v) is 7.59. The first kappa shape index (κ1) is 20.4. The maximum atomic E-state index is 12.3. The molecule has 2 aromatic rings. The minimum atomic E-state index is -0.180. The average Bonchev–Trinajstić information content (AvgIpc) is 3.19. The Morgan fingerprint density at radius 1 is 1.21 bits per heavy atom. The molecule has 1 aromatic heterocycles. The number of rotatable bonds is 8. The number of aromatic nitrogens is 2. The molecule has 28 heavy (non-hydrogen) atoms. The first-order chi connectivity index (χ1) is 13.5. The molecular weight excluding hydrogens is 378 g/mol. The zero-order chi connectivity index (χ0) is 19.9. The van der Waals surface area contributed by atoms with Crippen LogP contribution in [0.3, 0.4) is 0 Å². The standard InChI is InChI=1S/C20H26ClN5O2/c21-16-5-3-14(4-6-16)17-13-18(25-24-17)20(28)23-9-1-2-10-26-11-7-15(8-12-26)19(22)27/h3-6,13,15H,1-2,7-12H2,(H2,22,27)(H,23,28)(H,24,25). The van der Waals surface area contributed by atoms with E-state index < -0.39 is 0 Å². The SMILES string of the molecule is NC(=O)C1CCN(CCCCNC(=O)c2cc(-c3ccc(Cl)cc3)n[nH]2)CC1. The van der Waals surface area contributed by atoms with Crippen molar-refractivity contribution >= 4 is 23.4 Å². The highest BCUT2D eigenvalue weighted by Crippen LogP contribution is 2.20. The molecule has 1 fully saturated rings. The van der Waals surface area contributed by atoms with Gasteiger partial charge in [-0.2, -0.15) is 5.10 Å². The van der Waals surface area contributed by atoms with Gasteiger partial charge in [0, 0.05) is 23.0 Å². The van der Waals surface area contributed by atoms with Crippen LogP contribution < -0.4 is 11.1 Å². The van der Waals surface area contributed by atoms with Gasteiger partial charge in [0.2, 0.25) is 5.91 Å². The number of nitrogens with zero attached hydrogens (tertiary/aromatic N) is 2. The molecule has 4 N–H and O–H groups in total. The van der Waals surface area contributed by atoms with E-state index in [1.165, 1.54) is 0 Å². The van der Waals surface area contributed by atoms with Crippen molar-refractivity contribution in [2.45, 2.75) is 25.7 Å². The summed E-state index contributed by atoms with van der Waals surface area (Å²) in [6, 6.07) is 9.06. The second kappa shape index (κ2) is 9.71. The van der Waals surface area contributed by atoms with E-state index in [2.05, 4.69) is 20.4 Å². The van der Waals surface area contributed by atoms with Crippen LogP contribution in [-0.2, 0) is 4.79 Å². The number of halogens is 1. The number of hydrogen-bond acceptors (Lipinski definition) is 4. The van der Waals surface area contributed by atoms with Crippen molar-refractivity contribution in [2.75, 3.05) is 26.2 Å². The van der Waals surface area contributed by atoms with Gasteiger partial charge in [0.25, 0.3) is 5.91 Å². The number of piperidine rings is 1. The smallest absolute Gasteiger partial charge is 0.269 e. The van der Waals surface area contributed by atoms with Crippen molar-refractivity contribution in [2.24, 2.45) is 11.7 Å². The quantitative estimate of drug-likeness (QED) is 0.589. The maximum Gasteiger partial charge on any atom is 0.269 e. The number of hydrogen-bond donors (Lipinski definition) is 3. The molecular formula is C20H26ClN5O2. The first-order valence-corrected chi connectivity index (χ1v) is 10.0. The molecule has 0 aliphatic carbocycles. The molecule has 0 unspecified atom stereocenters. The van der Waals surface area contributed by atoms with Gasteiger partial charge in [-0.1, -0.05) is 23.7 Å². The van der Waals surface area contributed by atoms with Crippen LogP contribution in [0.25, 0.3) is 11.3 Å². The average molecular weight is 404 g/mol. The van der Waals surface area contributed by atoms with Crippen LogP contribution in [0.5, 0.6) is 0 Å². The second-order valence-electron chi connectivity index (χ2n) is 7.16. The highest BCUT2D eigenvalue weighted by atomic mass is 35.5. The number of carbonyl (C=O) groups excluding carboxylic acids is 2. The van der Waals surface area contributed by atoms with Crippen molar-refractivity contribution in [3.63, 3.8) is 0 Å². The largest absolute Gasteiger partial charge is 0.369 e. The van der Waals surface area contributed by atoms with Gasteiger partial charge in [0.05, 0.1) is 5.69 Å². The highest BCUT2D eigenvalue weighted by Gasteiger charge is 2.22. The molecule has 150 valence electrons. The lowest BCUT2D eigenvalue weighted by molar-refractivity contribution is -0.123. The number of nitrogens with two attached hydrogens (primary N) is 1. The number of aromatic amines is 1. The Balaban J connectivity index is 1.35. The number of likely N-dealkylation sites (tertiary alicyclic amines) is 1. The monoisotopic (exact) mass is 403 g/mol. The lowest BCUT2D eigenvalue weighted by Crippen LogP contribution is -2.39. The van der Waals surface area contributed by atoms with E-state index >= 15 is 0 Å². The van der Waals surface area contributed by atoms with Crippen LogP contribution in [-0.4, -0.2) is 53.1 Å². The Labute approximate surface area is 169 Å². The summed E-state index contributed by atoms with van der Waals surface area (Å²) in [5.74, 6) is -0.307. The summed E-state index contributed by atoms with van der Waals surface area (Å²) in [5.41, 5.74) is 7.41. The molecule has 2 amide bonds. The third-order valence-corrected chi connectivity index (χ3v) is 5.39. The van der Waals surface area contributed by atoms with Crippen molar-refractivity contribution in [3.8, 4) is 11.3 Å². The van der Waals surface area contributed by atoms with Crippen LogP contribution in [0.4, 0.5) is 0 Å². The summed E-state index contributed by atoms with van der Waals surface area (Å²) in [6.07, 6.45) is 3.60. The topological polar surface area (TPSA) is 104 Å². The summed E-state index contributed by atoms with van der Waals surface area (Å²) in [4.78, 5) is 25.8. The minimum Gasteiger partial charge on any atom is -0.369 e. The van der Waals surface area contributed by atoms with Crippen LogP contribution in [0.1, 0.15) is 36.2 Å². The molecule has 1 saturated heterocycles. The normalized spacial score (nSPS) is 15.5. The van der Waals surface area contributed by atoms with Crippen molar-refractivity contribution < 1.29 is 9.59 Å². The molecule has 0 bridgehead atoms. The third kappa shape index (κ3) is 5.56. The number of primary amides is 1. The summed E-state index contributed by atoms with van der Waals surface area (Å²) in [6.45, 7) is 3.43. The van der Waals surface area contributed by atoms with Gasteiger partial charge in [-0.25, -0.2) is 0 Å². The van der Waals surface area contributed by atoms with E-state index in [4.69, 9.17) is 17.3 Å². The van der Waals surface area contributed by atoms with Gasteiger partial charge in [-0.05, 0) is 63.5 Å². The summed E-state index contributed by atoms with van der Waals surface area (Å²) < 4.78 is 0. The fourth-order valence-corrected chi connectivity index (χ4v) is 3.53. The number of H-pyrrole nitrogens is 1. The maximum absolute atomic E-state index is 12.3. The van der Waals surface area contributed by atoms with E-state index in [-0.39, 0.29) is 17.7 Å². The van der Waals surface area contributed by atoms with Crippen molar-refractivity contribution in [1.82, 2.24) is 20.4 Å². The molecule has 3 rings (SSSR count). The first-order valence-electron chi connectivity index (χ1n) is 9.64. The van der Waals surface area contributed by atoms with Gasteiger partial charge < -0.3 is 16.0 Å². The predicted molar refractivity (Wildman–Crippen MR) is 109 cm³/mol. The van der Waals surface area contributed by atoms with E-state index in [1.54, 1.807) is 18.2 Å². The minimum absolute atomic E-state index is 0.0303. The number of unbranched alkanes of at least 4 members (excludes halogenated alkanes) is 1. The molecule has 0 radical (unpaired) electrons. The van der Waals surface area contributed by atoms with Crippen molar-refractivity contribution in [1.29, 1.82) is 0 Å². The Hall–Kier alpha value is -2.38. The fourth-order valence-electron chi connectivity index (χ4n) is 3.41. The molecule has 1 aliphatic heterocycles. The summed E-state index contributed by atoms with van der Waals surface area (Å²) in [7, 11) is 0. The Morgan fingerprint density at radius 3 is 2.61 bits per heavy atom. The molecule has 1 aliphatic rings. The van der Waals surface area contributed by atoms with Crippen LogP contribution >= 0.6 is 11.6 Å². The lowest BCUT2D eigenvalue weighted by Gasteiger charge is -2.30. The molecule has 7 nitrogen and oxygen atoms in total.